The number of hydrogen-bond acceptors (Lipinski definition) is 5. The monoisotopic (exact) mass is 416 g/mol. The predicted molar refractivity (Wildman–Crippen MR) is 111 cm³/mol. The van der Waals surface area contributed by atoms with Gasteiger partial charge in [0.2, 0.25) is 0 Å². The summed E-state index contributed by atoms with van der Waals surface area (Å²) in [6.07, 6.45) is 0.709. The first-order valence-electron chi connectivity index (χ1n) is 9.61. The van der Waals surface area contributed by atoms with Crippen molar-refractivity contribution in [2.24, 2.45) is 5.73 Å². The van der Waals surface area contributed by atoms with Crippen LogP contribution in [0.1, 0.15) is 58.9 Å². The molecular weight excluding hydrogens is 390 g/mol. The van der Waals surface area contributed by atoms with Gasteiger partial charge in [0.05, 0.1) is 16.0 Å². The summed E-state index contributed by atoms with van der Waals surface area (Å²) in [5.74, 6) is 0.330. The smallest absolute Gasteiger partial charge is 0.256 e. The van der Waals surface area contributed by atoms with E-state index in [1.54, 1.807) is 18.2 Å². The van der Waals surface area contributed by atoms with Crippen molar-refractivity contribution < 1.29 is 24.4 Å². The molecule has 7 nitrogen and oxygen atoms in total. The Balaban J connectivity index is 1.70. The quantitative estimate of drug-likeness (QED) is 0.711. The predicted octanol–water partition coefficient (Wildman–Crippen LogP) is 2.00. The Kier molecular flexibility index (Phi) is 4.59. The van der Waals surface area contributed by atoms with Crippen molar-refractivity contribution in [2.45, 2.75) is 45.2 Å². The molecule has 0 saturated heterocycles. The van der Waals surface area contributed by atoms with Gasteiger partial charge in [-0.05, 0) is 51.5 Å². The molecular formula is C21H26N3O4S+. The zero-order valence-corrected chi connectivity index (χ0v) is 17.9. The largest absolute Gasteiger partial charge is 0.486 e. The molecule has 0 saturated carbocycles. The second kappa shape index (κ2) is 6.74. The fourth-order valence-electron chi connectivity index (χ4n) is 4.41. The van der Waals surface area contributed by atoms with Gasteiger partial charge in [0.25, 0.3) is 11.8 Å². The van der Waals surface area contributed by atoms with Crippen molar-refractivity contribution in [3.63, 3.8) is 0 Å². The van der Waals surface area contributed by atoms with Gasteiger partial charge in [0, 0.05) is 12.0 Å². The van der Waals surface area contributed by atoms with Gasteiger partial charge in [0.1, 0.15) is 23.8 Å². The summed E-state index contributed by atoms with van der Waals surface area (Å²) in [7, 11) is 0. The van der Waals surface area contributed by atoms with Crippen molar-refractivity contribution in [3.05, 3.63) is 39.8 Å². The van der Waals surface area contributed by atoms with E-state index in [1.807, 2.05) is 0 Å². The van der Waals surface area contributed by atoms with Crippen LogP contribution < -0.4 is 25.8 Å². The van der Waals surface area contributed by atoms with Crippen LogP contribution >= 0.6 is 11.3 Å². The molecule has 8 heteroatoms. The minimum absolute atomic E-state index is 0.0706. The van der Waals surface area contributed by atoms with Gasteiger partial charge in [-0.3, -0.25) is 9.59 Å². The number of amides is 2. The number of hydrogen-bond donors (Lipinski definition) is 3. The summed E-state index contributed by atoms with van der Waals surface area (Å²) in [6, 6.07) is 5.06. The van der Waals surface area contributed by atoms with Crippen LogP contribution in [0.15, 0.2) is 18.2 Å². The molecule has 2 amide bonds. The minimum atomic E-state index is -0.520. The number of rotatable bonds is 3. The molecule has 3 heterocycles. The lowest BCUT2D eigenvalue weighted by Crippen LogP contribution is -3.03. The molecule has 2 aliphatic rings. The van der Waals surface area contributed by atoms with E-state index in [0.29, 0.717) is 47.3 Å². The van der Waals surface area contributed by atoms with Crippen molar-refractivity contribution in [1.82, 2.24) is 0 Å². The van der Waals surface area contributed by atoms with Crippen LogP contribution in [-0.4, -0.2) is 30.6 Å². The van der Waals surface area contributed by atoms with Crippen LogP contribution in [0, 0.1) is 0 Å². The number of benzene rings is 1. The van der Waals surface area contributed by atoms with Gasteiger partial charge in [-0.1, -0.05) is 0 Å². The van der Waals surface area contributed by atoms with E-state index in [1.165, 1.54) is 11.3 Å². The zero-order chi connectivity index (χ0) is 21.0. The third kappa shape index (κ3) is 3.58. The van der Waals surface area contributed by atoms with Crippen LogP contribution in [0.2, 0.25) is 0 Å². The number of quaternary nitrogens is 1. The normalized spacial score (nSPS) is 18.6. The van der Waals surface area contributed by atoms with Gasteiger partial charge in [-0.25, -0.2) is 0 Å². The molecule has 0 radical (unpaired) electrons. The summed E-state index contributed by atoms with van der Waals surface area (Å²) in [6.45, 7) is 9.48. The number of primary amides is 1. The zero-order valence-electron chi connectivity index (χ0n) is 17.0. The van der Waals surface area contributed by atoms with Crippen LogP contribution in [0.3, 0.4) is 0 Å². The minimum Gasteiger partial charge on any atom is -0.486 e. The van der Waals surface area contributed by atoms with E-state index in [-0.39, 0.29) is 17.0 Å². The Labute approximate surface area is 173 Å². The number of thiophene rings is 1. The molecule has 1 aromatic heterocycles. The van der Waals surface area contributed by atoms with Gasteiger partial charge in [-0.15, -0.1) is 11.3 Å². The molecule has 0 aliphatic carbocycles. The van der Waals surface area contributed by atoms with Gasteiger partial charge in [0.15, 0.2) is 11.5 Å². The lowest BCUT2D eigenvalue weighted by Gasteiger charge is -2.38. The maximum absolute atomic E-state index is 12.9. The number of fused-ring (bicyclic) bond motifs is 2. The number of nitrogens with two attached hydrogens (primary N) is 2. The highest BCUT2D eigenvalue weighted by Gasteiger charge is 2.45. The van der Waals surface area contributed by atoms with E-state index < -0.39 is 5.91 Å². The number of ether oxygens (including phenoxy) is 2. The summed E-state index contributed by atoms with van der Waals surface area (Å²) in [4.78, 5) is 26.3. The number of anilines is 1. The highest BCUT2D eigenvalue weighted by atomic mass is 32.1. The fraction of sp³-hybridized carbons (Fsp3) is 0.429. The lowest BCUT2D eigenvalue weighted by atomic mass is 9.81. The molecule has 0 unspecified atom stereocenters. The van der Waals surface area contributed by atoms with Gasteiger partial charge < -0.3 is 25.8 Å². The highest BCUT2D eigenvalue weighted by molar-refractivity contribution is 7.17. The van der Waals surface area contributed by atoms with Crippen molar-refractivity contribution in [2.75, 3.05) is 18.5 Å². The third-order valence-electron chi connectivity index (χ3n) is 5.25. The molecule has 5 N–H and O–H groups in total. The van der Waals surface area contributed by atoms with E-state index in [4.69, 9.17) is 15.2 Å². The molecule has 1 aromatic carbocycles. The first-order valence-corrected chi connectivity index (χ1v) is 10.4. The Morgan fingerprint density at radius 2 is 1.83 bits per heavy atom. The second-order valence-electron chi connectivity index (χ2n) is 8.82. The number of nitrogens with one attached hydrogen (secondary N) is 1. The Bertz CT molecular complexity index is 1010. The van der Waals surface area contributed by atoms with Crippen LogP contribution in [0.5, 0.6) is 11.5 Å². The van der Waals surface area contributed by atoms with Gasteiger partial charge >= 0.3 is 0 Å². The summed E-state index contributed by atoms with van der Waals surface area (Å²) >= 11 is 1.43. The average Bonchev–Trinajstić information content (AvgIpc) is 2.98. The molecule has 29 heavy (non-hydrogen) atoms. The molecule has 0 fully saturated rings. The SMILES string of the molecule is CC1(C)Cc2c(sc(NC(=O)c3ccc4c(c3)OCCO4)c2C(N)=O)C(C)(C)[NH2+]1. The van der Waals surface area contributed by atoms with Gasteiger partial charge in [-0.2, -0.15) is 0 Å². The van der Waals surface area contributed by atoms with E-state index in [2.05, 4.69) is 38.3 Å². The molecule has 0 spiro atoms. The summed E-state index contributed by atoms with van der Waals surface area (Å²) in [5.41, 5.74) is 7.24. The van der Waals surface area contributed by atoms with Crippen LogP contribution in [-0.2, 0) is 12.0 Å². The maximum atomic E-state index is 12.9. The van der Waals surface area contributed by atoms with E-state index >= 15 is 0 Å². The Morgan fingerprint density at radius 3 is 2.52 bits per heavy atom. The molecule has 4 rings (SSSR count). The molecule has 0 atom stereocenters. The van der Waals surface area contributed by atoms with Crippen molar-refractivity contribution in [1.29, 1.82) is 0 Å². The Morgan fingerprint density at radius 1 is 1.14 bits per heavy atom. The second-order valence-corrected chi connectivity index (χ2v) is 9.84. The first kappa shape index (κ1) is 19.7. The molecule has 0 bridgehead atoms. The van der Waals surface area contributed by atoms with Crippen LogP contribution in [0.4, 0.5) is 5.00 Å². The maximum Gasteiger partial charge on any atom is 0.256 e. The van der Waals surface area contributed by atoms with Crippen molar-refractivity contribution in [3.8, 4) is 11.5 Å². The topological polar surface area (TPSA) is 107 Å². The van der Waals surface area contributed by atoms with E-state index in [0.717, 1.165) is 10.4 Å². The molecule has 2 aromatic rings. The fourth-order valence-corrected chi connectivity index (χ4v) is 5.71. The standard InChI is InChI=1S/C21H25N3O4S/c1-20(2)10-12-15(17(22)25)19(29-16(12)21(3,4)24-20)23-18(26)11-5-6-13-14(9-11)28-8-7-27-13/h5-6,9,24H,7-8,10H2,1-4H3,(H2,22,25)(H,23,26)/p+1. The molecule has 154 valence electrons. The summed E-state index contributed by atoms with van der Waals surface area (Å²) in [5, 5.41) is 5.71. The molecule has 2 aliphatic heterocycles. The Hall–Kier alpha value is -2.58. The number of carbonyl (C=O) groups excluding carboxylic acids is 2. The number of carbonyl (C=O) groups is 2. The van der Waals surface area contributed by atoms with Crippen LogP contribution in [0.25, 0.3) is 0 Å². The third-order valence-corrected chi connectivity index (χ3v) is 6.74. The van der Waals surface area contributed by atoms with E-state index in [9.17, 15) is 9.59 Å². The highest BCUT2D eigenvalue weighted by Crippen LogP contribution is 2.42. The van der Waals surface area contributed by atoms with Crippen molar-refractivity contribution >= 4 is 28.2 Å². The summed E-state index contributed by atoms with van der Waals surface area (Å²) < 4.78 is 11.1. The average molecular weight is 417 g/mol. The lowest BCUT2D eigenvalue weighted by molar-refractivity contribution is -0.789. The first-order chi connectivity index (χ1) is 13.6.